The Kier molecular flexibility index (Phi) is 9.48. The molecule has 0 aromatic heterocycles. The van der Waals surface area contributed by atoms with Crippen LogP contribution in [0.1, 0.15) is 52.4 Å². The van der Waals surface area contributed by atoms with E-state index < -0.39 is 0 Å². The van der Waals surface area contributed by atoms with Gasteiger partial charge in [-0.15, -0.1) is 0 Å². The fraction of sp³-hybridized carbons (Fsp3) is 0.941. The summed E-state index contributed by atoms with van der Waals surface area (Å²) in [6.07, 6.45) is 7.52. The van der Waals surface area contributed by atoms with Gasteiger partial charge in [-0.05, 0) is 59.0 Å². The van der Waals surface area contributed by atoms with Crippen molar-refractivity contribution in [2.24, 2.45) is 4.99 Å². The number of unbranched alkanes of at least 4 members (excludes halogenated alkanes) is 2. The van der Waals surface area contributed by atoms with Crippen molar-refractivity contribution in [2.75, 3.05) is 46.9 Å². The van der Waals surface area contributed by atoms with Crippen LogP contribution in [0.2, 0.25) is 0 Å². The maximum atomic E-state index is 5.06. The Bertz CT molecular complexity index is 312. The molecule has 1 fully saturated rings. The number of ether oxygens (including phenoxy) is 1. The molecule has 0 atom stereocenters. The minimum absolute atomic E-state index is 0.177. The molecule has 0 radical (unpaired) electrons. The van der Waals surface area contributed by atoms with Crippen LogP contribution >= 0.6 is 0 Å². The Morgan fingerprint density at radius 1 is 1.09 bits per heavy atom. The van der Waals surface area contributed by atoms with E-state index in [2.05, 4.69) is 34.4 Å². The fourth-order valence-corrected chi connectivity index (χ4v) is 2.89. The summed E-state index contributed by atoms with van der Waals surface area (Å²) in [5.41, 5.74) is 0.177. The summed E-state index contributed by atoms with van der Waals surface area (Å²) in [6, 6.07) is 0. The summed E-state index contributed by atoms with van der Waals surface area (Å²) < 4.78 is 5.06. The summed E-state index contributed by atoms with van der Waals surface area (Å²) in [6.45, 7) is 9.84. The molecule has 1 rings (SSSR count). The van der Waals surface area contributed by atoms with Gasteiger partial charge < -0.3 is 15.4 Å². The number of nitrogens with zero attached hydrogens (tertiary/aromatic N) is 2. The molecule has 5 heteroatoms. The molecule has 0 saturated carbocycles. The Hall–Kier alpha value is -0.810. The number of rotatable bonds is 9. The second-order valence-corrected chi connectivity index (χ2v) is 6.77. The average molecular weight is 313 g/mol. The molecule has 130 valence electrons. The number of piperidine rings is 1. The van der Waals surface area contributed by atoms with Crippen molar-refractivity contribution in [2.45, 2.75) is 57.9 Å². The highest BCUT2D eigenvalue weighted by atomic mass is 16.5. The van der Waals surface area contributed by atoms with Crippen LogP contribution in [0, 0.1) is 0 Å². The average Bonchev–Trinajstić information content (AvgIpc) is 2.54. The highest BCUT2D eigenvalue weighted by molar-refractivity contribution is 5.79. The number of hydrogen-bond acceptors (Lipinski definition) is 3. The maximum absolute atomic E-state index is 5.06. The van der Waals surface area contributed by atoms with Crippen LogP contribution in [0.3, 0.4) is 0 Å². The van der Waals surface area contributed by atoms with Gasteiger partial charge >= 0.3 is 0 Å². The first-order valence-electron chi connectivity index (χ1n) is 8.78. The molecular formula is C17H36N4O. The van der Waals surface area contributed by atoms with Gasteiger partial charge in [0.2, 0.25) is 0 Å². The van der Waals surface area contributed by atoms with Crippen molar-refractivity contribution < 1.29 is 4.74 Å². The maximum Gasteiger partial charge on any atom is 0.191 e. The van der Waals surface area contributed by atoms with Crippen LogP contribution in [0.4, 0.5) is 0 Å². The quantitative estimate of drug-likeness (QED) is 0.389. The molecule has 0 aliphatic carbocycles. The summed E-state index contributed by atoms with van der Waals surface area (Å²) in [7, 11) is 3.60. The van der Waals surface area contributed by atoms with Crippen molar-refractivity contribution in [3.63, 3.8) is 0 Å². The Morgan fingerprint density at radius 2 is 1.82 bits per heavy atom. The standard InChI is InChI=1S/C17H36N4O/c1-17(2,21-12-8-6-9-13-21)15-20-16(18-3)19-11-7-5-10-14-22-4/h5-15H2,1-4H3,(H2,18,19,20). The summed E-state index contributed by atoms with van der Waals surface area (Å²) in [5.74, 6) is 0.914. The van der Waals surface area contributed by atoms with Gasteiger partial charge in [0.25, 0.3) is 0 Å². The van der Waals surface area contributed by atoms with Crippen LogP contribution in [-0.4, -0.2) is 63.3 Å². The van der Waals surface area contributed by atoms with Gasteiger partial charge in [-0.2, -0.15) is 0 Å². The highest BCUT2D eigenvalue weighted by Gasteiger charge is 2.27. The number of nitrogens with one attached hydrogen (secondary N) is 2. The largest absolute Gasteiger partial charge is 0.385 e. The molecule has 5 nitrogen and oxygen atoms in total. The zero-order chi connectivity index (χ0) is 16.3. The molecule has 1 heterocycles. The third-order valence-electron chi connectivity index (χ3n) is 4.44. The monoisotopic (exact) mass is 312 g/mol. The Labute approximate surface area is 136 Å². The minimum Gasteiger partial charge on any atom is -0.385 e. The number of likely N-dealkylation sites (tertiary alicyclic amines) is 1. The van der Waals surface area contributed by atoms with Gasteiger partial charge in [-0.25, -0.2) is 0 Å². The van der Waals surface area contributed by atoms with Gasteiger partial charge in [0.1, 0.15) is 0 Å². The van der Waals surface area contributed by atoms with Crippen LogP contribution in [0.15, 0.2) is 4.99 Å². The second-order valence-electron chi connectivity index (χ2n) is 6.77. The molecule has 0 bridgehead atoms. The van der Waals surface area contributed by atoms with E-state index in [1.807, 2.05) is 7.05 Å². The number of methoxy groups -OCH3 is 1. The SMILES string of the molecule is CN=C(NCCCCCOC)NCC(C)(C)N1CCCCC1. The van der Waals surface area contributed by atoms with Gasteiger partial charge in [-0.3, -0.25) is 9.89 Å². The first kappa shape index (κ1) is 19.2. The molecule has 2 N–H and O–H groups in total. The van der Waals surface area contributed by atoms with Gasteiger partial charge in [0.15, 0.2) is 5.96 Å². The first-order chi connectivity index (χ1) is 10.6. The van der Waals surface area contributed by atoms with Crippen molar-refractivity contribution >= 4 is 5.96 Å². The molecule has 0 aromatic rings. The van der Waals surface area contributed by atoms with Crippen LogP contribution < -0.4 is 10.6 Å². The molecule has 0 aromatic carbocycles. The molecule has 1 aliphatic heterocycles. The lowest BCUT2D eigenvalue weighted by atomic mass is 9.98. The van der Waals surface area contributed by atoms with Crippen LogP contribution in [0.25, 0.3) is 0 Å². The summed E-state index contributed by atoms with van der Waals surface area (Å²) in [5, 5.41) is 6.88. The van der Waals surface area contributed by atoms with E-state index in [-0.39, 0.29) is 5.54 Å². The number of guanidine groups is 1. The van der Waals surface area contributed by atoms with Crippen molar-refractivity contribution in [1.29, 1.82) is 0 Å². The first-order valence-corrected chi connectivity index (χ1v) is 8.78. The minimum atomic E-state index is 0.177. The summed E-state index contributed by atoms with van der Waals surface area (Å²) in [4.78, 5) is 6.92. The fourth-order valence-electron chi connectivity index (χ4n) is 2.89. The predicted molar refractivity (Wildman–Crippen MR) is 94.6 cm³/mol. The molecular weight excluding hydrogens is 276 g/mol. The lowest BCUT2D eigenvalue weighted by molar-refractivity contribution is 0.0982. The van der Waals surface area contributed by atoms with Crippen molar-refractivity contribution in [3.05, 3.63) is 0 Å². The number of hydrogen-bond donors (Lipinski definition) is 2. The van der Waals surface area contributed by atoms with E-state index in [9.17, 15) is 0 Å². The van der Waals surface area contributed by atoms with Crippen molar-refractivity contribution in [3.8, 4) is 0 Å². The van der Waals surface area contributed by atoms with E-state index in [4.69, 9.17) is 4.74 Å². The zero-order valence-electron chi connectivity index (χ0n) is 15.1. The van der Waals surface area contributed by atoms with Crippen molar-refractivity contribution in [1.82, 2.24) is 15.5 Å². The third-order valence-corrected chi connectivity index (χ3v) is 4.44. The van der Waals surface area contributed by atoms with Crippen LogP contribution in [0.5, 0.6) is 0 Å². The lowest BCUT2D eigenvalue weighted by Crippen LogP contribution is -2.54. The van der Waals surface area contributed by atoms with Gasteiger partial charge in [-0.1, -0.05) is 6.42 Å². The smallest absolute Gasteiger partial charge is 0.191 e. The molecule has 22 heavy (non-hydrogen) atoms. The Morgan fingerprint density at radius 3 is 2.45 bits per heavy atom. The van der Waals surface area contributed by atoms with E-state index in [0.29, 0.717) is 0 Å². The highest BCUT2D eigenvalue weighted by Crippen LogP contribution is 2.19. The summed E-state index contributed by atoms with van der Waals surface area (Å²) >= 11 is 0. The third kappa shape index (κ3) is 7.45. The van der Waals surface area contributed by atoms with Gasteiger partial charge in [0.05, 0.1) is 0 Å². The normalized spacial score (nSPS) is 17.5. The second kappa shape index (κ2) is 10.8. The predicted octanol–water partition coefficient (Wildman–Crippen LogP) is 2.23. The zero-order valence-corrected chi connectivity index (χ0v) is 15.1. The molecule has 1 aliphatic rings. The van der Waals surface area contributed by atoms with E-state index in [0.717, 1.165) is 38.5 Å². The van der Waals surface area contributed by atoms with Crippen LogP contribution in [-0.2, 0) is 4.74 Å². The Balaban J connectivity index is 2.22. The van der Waals surface area contributed by atoms with E-state index in [1.165, 1.54) is 38.8 Å². The molecule has 0 spiro atoms. The molecule has 0 amide bonds. The molecule has 0 unspecified atom stereocenters. The molecule has 1 saturated heterocycles. The van der Waals surface area contributed by atoms with E-state index >= 15 is 0 Å². The van der Waals surface area contributed by atoms with Gasteiger partial charge in [0, 0.05) is 39.4 Å². The number of aliphatic imine (C=N–C) groups is 1. The van der Waals surface area contributed by atoms with E-state index in [1.54, 1.807) is 7.11 Å². The topological polar surface area (TPSA) is 48.9 Å². The lowest BCUT2D eigenvalue weighted by Gasteiger charge is -2.41.